The zero-order chi connectivity index (χ0) is 20.6. The number of aliphatic imine (C=N–C) groups is 1. The number of rotatable bonds is 6. The number of morpholine rings is 1. The minimum absolute atomic E-state index is 0. The van der Waals surface area contributed by atoms with Gasteiger partial charge in [-0.2, -0.15) is 5.10 Å². The van der Waals surface area contributed by atoms with Crippen LogP contribution in [0.5, 0.6) is 0 Å². The maximum atomic E-state index is 11.1. The number of carbonyl (C=O) groups excluding carboxylic acids is 1. The maximum Gasteiger partial charge on any atom is 0.221 e. The molecule has 1 aliphatic rings. The molecule has 2 heterocycles. The number of benzene rings is 1. The first-order chi connectivity index (χ1) is 14.0. The van der Waals surface area contributed by atoms with E-state index in [-0.39, 0.29) is 36.0 Å². The fourth-order valence-corrected chi connectivity index (χ4v) is 3.32. The third-order valence-electron chi connectivity index (χ3n) is 4.73. The van der Waals surface area contributed by atoms with Crippen molar-refractivity contribution in [1.29, 1.82) is 0 Å². The molecule has 0 bridgehead atoms. The fourth-order valence-electron chi connectivity index (χ4n) is 3.32. The van der Waals surface area contributed by atoms with Gasteiger partial charge in [0.1, 0.15) is 6.10 Å². The Morgan fingerprint density at radius 3 is 2.73 bits per heavy atom. The molecule has 1 aliphatic heterocycles. The van der Waals surface area contributed by atoms with Crippen LogP contribution in [0.3, 0.4) is 0 Å². The lowest BCUT2D eigenvalue weighted by atomic mass is 10.1. The smallest absolute Gasteiger partial charge is 0.221 e. The van der Waals surface area contributed by atoms with Gasteiger partial charge in [-0.25, -0.2) is 0 Å². The van der Waals surface area contributed by atoms with Crippen LogP contribution >= 0.6 is 24.0 Å². The van der Waals surface area contributed by atoms with E-state index >= 15 is 0 Å². The number of hydrogen-bond acceptors (Lipinski definition) is 4. The van der Waals surface area contributed by atoms with Crippen molar-refractivity contribution in [1.82, 2.24) is 20.0 Å². The average Bonchev–Trinajstić information content (AvgIpc) is 3.15. The maximum absolute atomic E-state index is 11.1. The Bertz CT molecular complexity index is 836. The number of amides is 1. The van der Waals surface area contributed by atoms with E-state index in [0.717, 1.165) is 43.3 Å². The molecule has 8 nitrogen and oxygen atoms in total. The number of ether oxygens (including phenoxy) is 1. The number of aromatic nitrogens is 2. The second-order valence-corrected chi connectivity index (χ2v) is 7.12. The highest BCUT2D eigenvalue weighted by molar-refractivity contribution is 14.0. The predicted octanol–water partition coefficient (Wildman–Crippen LogP) is 2.58. The number of aryl methyl sites for hydroxylation is 1. The van der Waals surface area contributed by atoms with E-state index < -0.39 is 0 Å². The van der Waals surface area contributed by atoms with E-state index in [1.54, 1.807) is 4.68 Å². The Kier molecular flexibility index (Phi) is 9.57. The first-order valence-corrected chi connectivity index (χ1v) is 10.0. The molecule has 3 rings (SSSR count). The van der Waals surface area contributed by atoms with Crippen LogP contribution < -0.4 is 10.6 Å². The molecular weight excluding hydrogens is 495 g/mol. The molecule has 1 aromatic heterocycles. The summed E-state index contributed by atoms with van der Waals surface area (Å²) in [6, 6.07) is 7.90. The van der Waals surface area contributed by atoms with Gasteiger partial charge < -0.3 is 20.3 Å². The van der Waals surface area contributed by atoms with Gasteiger partial charge in [-0.15, -0.1) is 24.0 Å². The first kappa shape index (κ1) is 24.1. The first-order valence-electron chi connectivity index (χ1n) is 10.0. The van der Waals surface area contributed by atoms with Crippen LogP contribution in [-0.4, -0.2) is 59.3 Å². The van der Waals surface area contributed by atoms with Gasteiger partial charge in [-0.1, -0.05) is 12.1 Å². The Labute approximate surface area is 195 Å². The van der Waals surface area contributed by atoms with E-state index in [9.17, 15) is 4.79 Å². The SMILES string of the molecule is CCNC(=NCCc1ccc(NC(C)=O)cc1)N1CCOC(c2cnn(C)c2)C1.I. The number of nitrogens with one attached hydrogen (secondary N) is 2. The second-order valence-electron chi connectivity index (χ2n) is 7.12. The van der Waals surface area contributed by atoms with Gasteiger partial charge in [-0.3, -0.25) is 14.5 Å². The van der Waals surface area contributed by atoms with Gasteiger partial charge in [0, 0.05) is 51.1 Å². The van der Waals surface area contributed by atoms with E-state index in [4.69, 9.17) is 9.73 Å². The van der Waals surface area contributed by atoms with Crippen LogP contribution in [0.25, 0.3) is 0 Å². The largest absolute Gasteiger partial charge is 0.370 e. The van der Waals surface area contributed by atoms with Crippen LogP contribution in [-0.2, 0) is 23.0 Å². The summed E-state index contributed by atoms with van der Waals surface area (Å²) in [5.41, 5.74) is 3.09. The number of carbonyl (C=O) groups is 1. The molecular formula is C21H31IN6O2. The lowest BCUT2D eigenvalue weighted by Gasteiger charge is -2.34. The summed E-state index contributed by atoms with van der Waals surface area (Å²) in [4.78, 5) is 18.2. The van der Waals surface area contributed by atoms with E-state index in [1.165, 1.54) is 12.5 Å². The van der Waals surface area contributed by atoms with Crippen molar-refractivity contribution in [3.05, 3.63) is 47.8 Å². The third-order valence-corrected chi connectivity index (χ3v) is 4.73. The topological polar surface area (TPSA) is 83.8 Å². The number of guanidine groups is 1. The lowest BCUT2D eigenvalue weighted by molar-refractivity contribution is -0.114. The molecule has 9 heteroatoms. The van der Waals surface area contributed by atoms with Crippen molar-refractivity contribution in [2.75, 3.05) is 38.1 Å². The highest BCUT2D eigenvalue weighted by atomic mass is 127. The molecule has 0 spiro atoms. The normalized spacial score (nSPS) is 16.7. The molecule has 0 aliphatic carbocycles. The Morgan fingerprint density at radius 2 is 2.10 bits per heavy atom. The molecule has 0 radical (unpaired) electrons. The number of anilines is 1. The van der Waals surface area contributed by atoms with Gasteiger partial charge in [0.05, 0.1) is 19.3 Å². The number of nitrogens with zero attached hydrogens (tertiary/aromatic N) is 4. The summed E-state index contributed by atoms with van der Waals surface area (Å²) in [5, 5.41) is 10.4. The molecule has 1 atom stereocenters. The highest BCUT2D eigenvalue weighted by Gasteiger charge is 2.25. The van der Waals surface area contributed by atoms with Crippen molar-refractivity contribution < 1.29 is 9.53 Å². The summed E-state index contributed by atoms with van der Waals surface area (Å²) in [6.07, 6.45) is 4.71. The molecule has 164 valence electrons. The minimum atomic E-state index is -0.0623. The minimum Gasteiger partial charge on any atom is -0.370 e. The number of halogens is 1. The zero-order valence-corrected chi connectivity index (χ0v) is 20.1. The average molecular weight is 526 g/mol. The van der Waals surface area contributed by atoms with E-state index in [2.05, 4.69) is 27.6 Å². The van der Waals surface area contributed by atoms with Crippen molar-refractivity contribution in [2.24, 2.45) is 12.0 Å². The standard InChI is InChI=1S/C21H30N6O2.HI/c1-4-22-21(23-10-9-17-5-7-19(8-6-17)25-16(2)28)27-11-12-29-20(15-27)18-13-24-26(3)14-18;/h5-8,13-14,20H,4,9-12,15H2,1-3H3,(H,22,23)(H,25,28);1H. The Hall–Kier alpha value is -2.14. The molecule has 30 heavy (non-hydrogen) atoms. The Balaban J connectivity index is 0.00000320. The van der Waals surface area contributed by atoms with Gasteiger partial charge >= 0.3 is 0 Å². The summed E-state index contributed by atoms with van der Waals surface area (Å²) in [6.45, 7) is 7.33. The lowest BCUT2D eigenvalue weighted by Crippen LogP contribution is -2.48. The second kappa shape index (κ2) is 11.9. The molecule has 1 fully saturated rings. The molecule has 1 amide bonds. The highest BCUT2D eigenvalue weighted by Crippen LogP contribution is 2.21. The van der Waals surface area contributed by atoms with Crippen molar-refractivity contribution >= 4 is 41.5 Å². The summed E-state index contributed by atoms with van der Waals surface area (Å²) >= 11 is 0. The number of hydrogen-bond donors (Lipinski definition) is 2. The third kappa shape index (κ3) is 6.98. The quantitative estimate of drug-likeness (QED) is 0.344. The van der Waals surface area contributed by atoms with E-state index in [0.29, 0.717) is 13.2 Å². The van der Waals surface area contributed by atoms with Gasteiger partial charge in [0.2, 0.25) is 5.91 Å². The predicted molar refractivity (Wildman–Crippen MR) is 129 cm³/mol. The fraction of sp³-hybridized carbons (Fsp3) is 0.476. The molecule has 0 saturated carbocycles. The molecule has 1 unspecified atom stereocenters. The summed E-state index contributed by atoms with van der Waals surface area (Å²) in [7, 11) is 1.92. The van der Waals surface area contributed by atoms with Gasteiger partial charge in [0.25, 0.3) is 0 Å². The van der Waals surface area contributed by atoms with Crippen LogP contribution in [0.1, 0.15) is 31.1 Å². The molecule has 1 aromatic carbocycles. The van der Waals surface area contributed by atoms with E-state index in [1.807, 2.05) is 43.7 Å². The Morgan fingerprint density at radius 1 is 1.33 bits per heavy atom. The van der Waals surface area contributed by atoms with Crippen LogP contribution in [0.15, 0.2) is 41.7 Å². The zero-order valence-electron chi connectivity index (χ0n) is 17.8. The monoisotopic (exact) mass is 526 g/mol. The van der Waals surface area contributed by atoms with Gasteiger partial charge in [0.15, 0.2) is 5.96 Å². The molecule has 2 aromatic rings. The van der Waals surface area contributed by atoms with Crippen molar-refractivity contribution in [2.45, 2.75) is 26.4 Å². The summed E-state index contributed by atoms with van der Waals surface area (Å²) in [5.74, 6) is 0.854. The van der Waals surface area contributed by atoms with Crippen molar-refractivity contribution in [3.8, 4) is 0 Å². The van der Waals surface area contributed by atoms with Gasteiger partial charge in [-0.05, 0) is 31.0 Å². The van der Waals surface area contributed by atoms with Crippen LogP contribution in [0.4, 0.5) is 5.69 Å². The van der Waals surface area contributed by atoms with Crippen LogP contribution in [0, 0.1) is 0 Å². The van der Waals surface area contributed by atoms with Crippen LogP contribution in [0.2, 0.25) is 0 Å². The molecule has 1 saturated heterocycles. The molecule has 2 N–H and O–H groups in total. The summed E-state index contributed by atoms with van der Waals surface area (Å²) < 4.78 is 7.74. The van der Waals surface area contributed by atoms with Crippen molar-refractivity contribution in [3.63, 3.8) is 0 Å².